The van der Waals surface area contributed by atoms with Crippen LogP contribution in [0, 0.1) is 0 Å². The van der Waals surface area contributed by atoms with Crippen molar-refractivity contribution in [2.24, 2.45) is 0 Å². The summed E-state index contributed by atoms with van der Waals surface area (Å²) < 4.78 is 12.0. The van der Waals surface area contributed by atoms with E-state index in [4.69, 9.17) is 9.47 Å². The molecule has 0 bridgehead atoms. The Labute approximate surface area is 249 Å². The van der Waals surface area contributed by atoms with Crippen LogP contribution in [0.2, 0.25) is 0 Å². The fourth-order valence-corrected chi connectivity index (χ4v) is 5.49. The minimum absolute atomic E-state index is 0.179. The number of amides is 3. The van der Waals surface area contributed by atoms with Crippen LogP contribution in [-0.2, 0) is 4.74 Å². The number of pyridine rings is 1. The van der Waals surface area contributed by atoms with Crippen LogP contribution < -0.4 is 20.3 Å². The van der Waals surface area contributed by atoms with E-state index in [-0.39, 0.29) is 23.4 Å². The number of carbonyl (C=O) groups excluding carboxylic acids is 3. The predicted molar refractivity (Wildman–Crippen MR) is 162 cm³/mol. The first kappa shape index (κ1) is 29.3. The van der Waals surface area contributed by atoms with Gasteiger partial charge in [0.2, 0.25) is 0 Å². The molecule has 1 aromatic carbocycles. The summed E-state index contributed by atoms with van der Waals surface area (Å²) >= 11 is 1.30. The first-order valence-corrected chi connectivity index (χ1v) is 15.0. The highest BCUT2D eigenvalue weighted by molar-refractivity contribution is 7.13. The Balaban J connectivity index is 1.32. The molecule has 0 spiro atoms. The maximum Gasteiger partial charge on any atom is 0.410 e. The molecule has 0 atom stereocenters. The van der Waals surface area contributed by atoms with Crippen molar-refractivity contribution in [2.45, 2.75) is 58.2 Å². The van der Waals surface area contributed by atoms with Crippen molar-refractivity contribution in [2.75, 3.05) is 41.7 Å². The maximum absolute atomic E-state index is 13.6. The molecule has 0 saturated carbocycles. The number of ether oxygens (including phenoxy) is 2. The van der Waals surface area contributed by atoms with Crippen LogP contribution >= 0.6 is 11.3 Å². The number of rotatable bonds is 7. The van der Waals surface area contributed by atoms with Crippen LogP contribution in [0.4, 0.5) is 21.3 Å². The summed E-state index contributed by atoms with van der Waals surface area (Å²) in [4.78, 5) is 51.3. The summed E-state index contributed by atoms with van der Waals surface area (Å²) in [7, 11) is 0. The Hall–Kier alpha value is -4.19. The fourth-order valence-electron chi connectivity index (χ4n) is 4.96. The number of aromatic nitrogens is 2. The Morgan fingerprint density at radius 2 is 1.69 bits per heavy atom. The van der Waals surface area contributed by atoms with Crippen LogP contribution in [-0.4, -0.2) is 70.7 Å². The molecule has 2 aliphatic rings. The van der Waals surface area contributed by atoms with Gasteiger partial charge in [0.1, 0.15) is 17.5 Å². The van der Waals surface area contributed by atoms with E-state index in [1.54, 1.807) is 28.6 Å². The van der Waals surface area contributed by atoms with Crippen LogP contribution in [0.15, 0.2) is 48.2 Å². The number of likely N-dealkylation sites (tertiary alicyclic amines) is 1. The number of carbonyl (C=O) groups is 3. The zero-order valence-electron chi connectivity index (χ0n) is 24.1. The van der Waals surface area contributed by atoms with Gasteiger partial charge in [0.05, 0.1) is 23.0 Å². The van der Waals surface area contributed by atoms with Crippen molar-refractivity contribution in [3.05, 3.63) is 59.4 Å². The number of piperidine rings is 1. The molecule has 3 aromatic rings. The molecule has 0 aliphatic carbocycles. The molecule has 3 amide bonds. The average molecular weight is 593 g/mol. The monoisotopic (exact) mass is 592 g/mol. The molecule has 2 fully saturated rings. The third-order valence-corrected chi connectivity index (χ3v) is 7.72. The first-order valence-electron chi connectivity index (χ1n) is 14.2. The van der Waals surface area contributed by atoms with Gasteiger partial charge in [0.25, 0.3) is 11.8 Å². The molecule has 42 heavy (non-hydrogen) atoms. The molecule has 5 rings (SSSR count). The van der Waals surface area contributed by atoms with Crippen LogP contribution in [0.5, 0.6) is 5.75 Å². The molecule has 2 N–H and O–H groups in total. The lowest BCUT2D eigenvalue weighted by Gasteiger charge is -2.34. The number of anilines is 3. The fraction of sp³-hybridized carbons (Fsp3) is 0.433. The van der Waals surface area contributed by atoms with E-state index in [0.29, 0.717) is 42.4 Å². The van der Waals surface area contributed by atoms with Gasteiger partial charge in [0, 0.05) is 68.5 Å². The molecule has 2 saturated heterocycles. The zero-order valence-corrected chi connectivity index (χ0v) is 24.9. The molecule has 2 aliphatic heterocycles. The topological polar surface area (TPSA) is 126 Å². The maximum atomic E-state index is 13.6. The third kappa shape index (κ3) is 7.35. The van der Waals surface area contributed by atoms with E-state index in [2.05, 4.69) is 25.5 Å². The number of hydrogen-bond acceptors (Lipinski definition) is 9. The second kappa shape index (κ2) is 12.8. The van der Waals surface area contributed by atoms with Crippen LogP contribution in [0.1, 0.15) is 67.2 Å². The van der Waals surface area contributed by atoms with E-state index >= 15 is 0 Å². The zero-order chi connectivity index (χ0) is 29.7. The quantitative estimate of drug-likeness (QED) is 0.373. The molecule has 4 heterocycles. The van der Waals surface area contributed by atoms with Crippen molar-refractivity contribution in [1.29, 1.82) is 0 Å². The number of nitrogens with one attached hydrogen (secondary N) is 2. The summed E-state index contributed by atoms with van der Waals surface area (Å²) in [5, 5.41) is 7.82. The van der Waals surface area contributed by atoms with Crippen LogP contribution in [0.25, 0.3) is 0 Å². The summed E-state index contributed by atoms with van der Waals surface area (Å²) in [6.45, 7) is 8.45. The van der Waals surface area contributed by atoms with Gasteiger partial charge in [-0.1, -0.05) is 0 Å². The molecule has 222 valence electrons. The van der Waals surface area contributed by atoms with E-state index in [0.717, 1.165) is 31.6 Å². The second-order valence-electron chi connectivity index (χ2n) is 11.3. The number of thiazole rings is 1. The van der Waals surface area contributed by atoms with Gasteiger partial charge in [-0.15, -0.1) is 11.3 Å². The van der Waals surface area contributed by atoms with E-state index in [9.17, 15) is 14.4 Å². The van der Waals surface area contributed by atoms with Crippen molar-refractivity contribution < 1.29 is 23.9 Å². The molecule has 2 aromatic heterocycles. The Morgan fingerprint density at radius 3 is 2.38 bits per heavy atom. The summed E-state index contributed by atoms with van der Waals surface area (Å²) in [5.41, 5.74) is 1.33. The highest BCUT2D eigenvalue weighted by Crippen LogP contribution is 2.31. The Bertz CT molecular complexity index is 1410. The van der Waals surface area contributed by atoms with Gasteiger partial charge in [-0.2, -0.15) is 0 Å². The summed E-state index contributed by atoms with van der Waals surface area (Å²) in [5.74, 6) is -0.356. The van der Waals surface area contributed by atoms with Gasteiger partial charge < -0.3 is 24.6 Å². The van der Waals surface area contributed by atoms with Gasteiger partial charge in [-0.05, 0) is 51.8 Å². The summed E-state index contributed by atoms with van der Waals surface area (Å²) in [6.07, 6.45) is 7.49. The number of hydrogen-bond donors (Lipinski definition) is 2. The van der Waals surface area contributed by atoms with Crippen molar-refractivity contribution in [1.82, 2.24) is 14.9 Å². The van der Waals surface area contributed by atoms with Gasteiger partial charge in [-0.25, -0.2) is 9.78 Å². The van der Waals surface area contributed by atoms with Gasteiger partial charge >= 0.3 is 6.09 Å². The molecule has 11 nitrogen and oxygen atoms in total. The second-order valence-corrected chi connectivity index (χ2v) is 12.2. The first-order chi connectivity index (χ1) is 20.2. The molecular formula is C30H36N6O5S. The lowest BCUT2D eigenvalue weighted by Crippen LogP contribution is -2.44. The number of nitrogens with zero attached hydrogens (tertiary/aromatic N) is 4. The predicted octanol–water partition coefficient (Wildman–Crippen LogP) is 5.42. The number of benzene rings is 1. The standard InChI is InChI=1S/C30H36N6O5S/c1-30(2,3)41-29(39)36-15-9-21(10-16-36)40-25-18-20(35-13-4-5-14-35)6-7-23(25)27(38)33-24-19-31-11-8-22(24)26(37)34-28-32-12-17-42-28/h6-8,11-12,17-19,21H,4-5,9-10,13-16H2,1-3H3,(H,33,38)(H,32,34,37). The molecule has 12 heteroatoms. The highest BCUT2D eigenvalue weighted by Gasteiger charge is 2.29. The minimum atomic E-state index is -0.557. The van der Waals surface area contributed by atoms with E-state index in [1.165, 1.54) is 23.7 Å². The minimum Gasteiger partial charge on any atom is -0.489 e. The van der Waals surface area contributed by atoms with Crippen molar-refractivity contribution in [3.63, 3.8) is 0 Å². The highest BCUT2D eigenvalue weighted by atomic mass is 32.1. The van der Waals surface area contributed by atoms with E-state index < -0.39 is 17.4 Å². The lowest BCUT2D eigenvalue weighted by atomic mass is 10.1. The van der Waals surface area contributed by atoms with Crippen molar-refractivity contribution >= 4 is 45.8 Å². The SMILES string of the molecule is CC(C)(C)OC(=O)N1CCC(Oc2cc(N3CCCC3)ccc2C(=O)Nc2cnccc2C(=O)Nc2nccs2)CC1. The van der Waals surface area contributed by atoms with Gasteiger partial charge in [-0.3, -0.25) is 19.9 Å². The Kier molecular flexibility index (Phi) is 8.91. The van der Waals surface area contributed by atoms with Crippen LogP contribution in [0.3, 0.4) is 0 Å². The summed E-state index contributed by atoms with van der Waals surface area (Å²) in [6, 6.07) is 7.15. The normalized spacial score (nSPS) is 15.8. The molecular weight excluding hydrogens is 556 g/mol. The van der Waals surface area contributed by atoms with Gasteiger partial charge in [0.15, 0.2) is 5.13 Å². The average Bonchev–Trinajstić information content (AvgIpc) is 3.68. The molecule has 0 radical (unpaired) electrons. The largest absolute Gasteiger partial charge is 0.489 e. The smallest absolute Gasteiger partial charge is 0.410 e. The Morgan fingerprint density at radius 1 is 0.952 bits per heavy atom. The van der Waals surface area contributed by atoms with Crippen molar-refractivity contribution in [3.8, 4) is 5.75 Å². The molecule has 0 unspecified atom stereocenters. The van der Waals surface area contributed by atoms with E-state index in [1.807, 2.05) is 32.9 Å². The third-order valence-electron chi connectivity index (χ3n) is 7.04. The lowest BCUT2D eigenvalue weighted by molar-refractivity contribution is 0.0126.